The molecule has 0 atom stereocenters. The van der Waals surface area contributed by atoms with Crippen molar-refractivity contribution < 1.29 is 4.43 Å². The van der Waals surface area contributed by atoms with Gasteiger partial charge in [-0.05, 0) is 86.3 Å². The number of nitrogens with one attached hydrogen (secondary N) is 1. The van der Waals surface area contributed by atoms with Gasteiger partial charge in [-0.1, -0.05) is 13.8 Å². The van der Waals surface area contributed by atoms with E-state index in [0.29, 0.717) is 0 Å². The van der Waals surface area contributed by atoms with E-state index in [1.54, 1.807) is 0 Å². The molecule has 0 aromatic heterocycles. The van der Waals surface area contributed by atoms with E-state index in [-0.39, 0.29) is 5.60 Å². The third-order valence-corrected chi connectivity index (χ3v) is 5.64. The fraction of sp³-hybridized carbons (Fsp3) is 1.00. The number of rotatable bonds is 14. The highest BCUT2D eigenvalue weighted by Crippen LogP contribution is 2.05. The van der Waals surface area contributed by atoms with Gasteiger partial charge in [0.1, 0.15) is 0 Å². The predicted molar refractivity (Wildman–Crippen MR) is 101 cm³/mol. The van der Waals surface area contributed by atoms with Crippen molar-refractivity contribution in [2.45, 2.75) is 59.5 Å². The minimum Gasteiger partial charge on any atom is -0.418 e. The van der Waals surface area contributed by atoms with Crippen LogP contribution in [-0.4, -0.2) is 77.6 Å². The molecular weight excluding hydrogens is 290 g/mol. The molecule has 0 radical (unpaired) electrons. The third-order valence-electron chi connectivity index (χ3n) is 3.75. The van der Waals surface area contributed by atoms with Gasteiger partial charge in [0.2, 0.25) is 0 Å². The van der Waals surface area contributed by atoms with E-state index in [1.165, 1.54) is 45.1 Å². The lowest BCUT2D eigenvalue weighted by atomic mass is 10.2. The molecule has 0 heterocycles. The standard InChI is InChI=1S/C17H41N3OSi/c1-7-11-18-12-9-14-20(15-10-13-19(6)8-2)16-22-21-17(3,4)5/h18H,7-16,22H2,1-6H3. The Kier molecular flexibility index (Phi) is 13.5. The second kappa shape index (κ2) is 13.5. The minimum absolute atomic E-state index is 0.0308. The lowest BCUT2D eigenvalue weighted by Gasteiger charge is -2.26. The van der Waals surface area contributed by atoms with Crippen LogP contribution in [0.25, 0.3) is 0 Å². The first-order valence-corrected chi connectivity index (χ1v) is 10.7. The van der Waals surface area contributed by atoms with Gasteiger partial charge in [0.15, 0.2) is 9.76 Å². The Labute approximate surface area is 141 Å². The van der Waals surface area contributed by atoms with Crippen LogP contribution in [0.5, 0.6) is 0 Å². The molecule has 1 N–H and O–H groups in total. The molecule has 4 nitrogen and oxygen atoms in total. The molecule has 0 bridgehead atoms. The normalized spacial score (nSPS) is 13.1. The highest BCUT2D eigenvalue weighted by molar-refractivity contribution is 6.27. The van der Waals surface area contributed by atoms with Crippen LogP contribution >= 0.6 is 0 Å². The molecular formula is C17H41N3OSi. The molecule has 0 aliphatic carbocycles. The lowest BCUT2D eigenvalue weighted by molar-refractivity contribution is 0.131. The first-order chi connectivity index (χ1) is 10.4. The molecule has 22 heavy (non-hydrogen) atoms. The summed E-state index contributed by atoms with van der Waals surface area (Å²) in [5.74, 6) is 0. The Balaban J connectivity index is 3.96. The number of hydrogen-bond acceptors (Lipinski definition) is 4. The largest absolute Gasteiger partial charge is 0.418 e. The molecule has 0 unspecified atom stereocenters. The Bertz CT molecular complexity index is 247. The highest BCUT2D eigenvalue weighted by atomic mass is 28.2. The third kappa shape index (κ3) is 15.0. The zero-order chi connectivity index (χ0) is 16.8. The first kappa shape index (κ1) is 22.1. The van der Waals surface area contributed by atoms with Crippen LogP contribution in [0.2, 0.25) is 0 Å². The van der Waals surface area contributed by atoms with Crippen molar-refractivity contribution >= 4 is 9.76 Å². The summed E-state index contributed by atoms with van der Waals surface area (Å²) in [5, 5.41) is 3.50. The van der Waals surface area contributed by atoms with Gasteiger partial charge in [-0.2, -0.15) is 0 Å². The minimum atomic E-state index is -0.445. The maximum atomic E-state index is 6.02. The maximum Gasteiger partial charge on any atom is 0.176 e. The van der Waals surface area contributed by atoms with Gasteiger partial charge in [0.05, 0.1) is 0 Å². The molecule has 0 aromatic rings. The molecule has 0 fully saturated rings. The van der Waals surface area contributed by atoms with E-state index in [4.69, 9.17) is 4.43 Å². The summed E-state index contributed by atoms with van der Waals surface area (Å²) in [6.45, 7) is 18.0. The second-order valence-electron chi connectivity index (χ2n) is 7.16. The molecule has 0 spiro atoms. The quantitative estimate of drug-likeness (QED) is 0.388. The lowest BCUT2D eigenvalue weighted by Crippen LogP contribution is -2.36. The SMILES string of the molecule is CCCNCCCN(CCCN(C)CC)C[SiH2]OC(C)(C)C. The van der Waals surface area contributed by atoms with E-state index in [2.05, 4.69) is 56.8 Å². The molecule has 0 aliphatic rings. The van der Waals surface area contributed by atoms with E-state index in [0.717, 1.165) is 19.6 Å². The van der Waals surface area contributed by atoms with Crippen LogP contribution in [-0.2, 0) is 4.43 Å². The average molecular weight is 332 g/mol. The van der Waals surface area contributed by atoms with Gasteiger partial charge < -0.3 is 19.5 Å². The molecule has 134 valence electrons. The van der Waals surface area contributed by atoms with Crippen molar-refractivity contribution in [2.24, 2.45) is 0 Å². The fourth-order valence-corrected chi connectivity index (χ4v) is 3.68. The van der Waals surface area contributed by atoms with Crippen LogP contribution in [0.3, 0.4) is 0 Å². The summed E-state index contributed by atoms with van der Waals surface area (Å²) < 4.78 is 6.02. The van der Waals surface area contributed by atoms with Crippen LogP contribution < -0.4 is 5.32 Å². The van der Waals surface area contributed by atoms with Crippen molar-refractivity contribution in [3.63, 3.8) is 0 Å². The van der Waals surface area contributed by atoms with Crippen LogP contribution in [0.15, 0.2) is 0 Å². The molecule has 0 aliphatic heterocycles. The van der Waals surface area contributed by atoms with Gasteiger partial charge in [-0.15, -0.1) is 0 Å². The van der Waals surface area contributed by atoms with Crippen molar-refractivity contribution in [3.8, 4) is 0 Å². The van der Waals surface area contributed by atoms with Crippen LogP contribution in [0.1, 0.15) is 53.9 Å². The summed E-state index contributed by atoms with van der Waals surface area (Å²) >= 11 is 0. The summed E-state index contributed by atoms with van der Waals surface area (Å²) in [6.07, 6.45) is 4.91. The highest BCUT2D eigenvalue weighted by Gasteiger charge is 2.12. The zero-order valence-electron chi connectivity index (χ0n) is 16.1. The number of hydrogen-bond donors (Lipinski definition) is 1. The molecule has 0 amide bonds. The fourth-order valence-electron chi connectivity index (χ4n) is 2.27. The monoisotopic (exact) mass is 331 g/mol. The van der Waals surface area contributed by atoms with Crippen LogP contribution in [0.4, 0.5) is 0 Å². The van der Waals surface area contributed by atoms with Crippen molar-refractivity contribution in [2.75, 3.05) is 52.5 Å². The second-order valence-corrected chi connectivity index (χ2v) is 8.30. The summed E-state index contributed by atoms with van der Waals surface area (Å²) in [5.41, 5.74) is 0.0308. The smallest absolute Gasteiger partial charge is 0.176 e. The zero-order valence-corrected chi connectivity index (χ0v) is 17.5. The van der Waals surface area contributed by atoms with Crippen molar-refractivity contribution in [1.82, 2.24) is 15.1 Å². The van der Waals surface area contributed by atoms with Gasteiger partial charge in [0, 0.05) is 11.8 Å². The maximum absolute atomic E-state index is 6.02. The Morgan fingerprint density at radius 2 is 1.68 bits per heavy atom. The van der Waals surface area contributed by atoms with Crippen molar-refractivity contribution in [1.29, 1.82) is 0 Å². The Morgan fingerprint density at radius 1 is 1.00 bits per heavy atom. The van der Waals surface area contributed by atoms with Gasteiger partial charge in [0.25, 0.3) is 0 Å². The van der Waals surface area contributed by atoms with Gasteiger partial charge in [-0.3, -0.25) is 0 Å². The van der Waals surface area contributed by atoms with E-state index in [9.17, 15) is 0 Å². The van der Waals surface area contributed by atoms with Crippen LogP contribution in [0, 0.1) is 0 Å². The average Bonchev–Trinajstić information content (AvgIpc) is 2.44. The molecule has 0 rings (SSSR count). The summed E-state index contributed by atoms with van der Waals surface area (Å²) in [4.78, 5) is 5.01. The topological polar surface area (TPSA) is 27.7 Å². The Hall–Kier alpha value is 0.0569. The van der Waals surface area contributed by atoms with E-state index >= 15 is 0 Å². The predicted octanol–water partition coefficient (Wildman–Crippen LogP) is 1.88. The van der Waals surface area contributed by atoms with E-state index in [1.807, 2.05) is 0 Å². The summed E-state index contributed by atoms with van der Waals surface area (Å²) in [7, 11) is 1.76. The van der Waals surface area contributed by atoms with Gasteiger partial charge >= 0.3 is 0 Å². The number of nitrogens with zero attached hydrogens (tertiary/aromatic N) is 2. The molecule has 0 aromatic carbocycles. The Morgan fingerprint density at radius 3 is 2.27 bits per heavy atom. The first-order valence-electron chi connectivity index (χ1n) is 9.14. The van der Waals surface area contributed by atoms with E-state index < -0.39 is 9.76 Å². The molecule has 5 heteroatoms. The molecule has 0 saturated heterocycles. The molecule has 0 saturated carbocycles. The van der Waals surface area contributed by atoms with Gasteiger partial charge in [-0.25, -0.2) is 0 Å². The summed E-state index contributed by atoms with van der Waals surface area (Å²) in [6, 6.07) is 0. The van der Waals surface area contributed by atoms with Crippen molar-refractivity contribution in [3.05, 3.63) is 0 Å².